The second kappa shape index (κ2) is 8.44. The van der Waals surface area contributed by atoms with Gasteiger partial charge in [-0.05, 0) is 30.3 Å². The number of halogens is 2. The molecule has 0 atom stereocenters. The van der Waals surface area contributed by atoms with E-state index in [-0.39, 0.29) is 34.1 Å². The lowest BCUT2D eigenvalue weighted by molar-refractivity contribution is 0.0783. The highest BCUT2D eigenvalue weighted by Crippen LogP contribution is 2.21. The van der Waals surface area contributed by atoms with E-state index >= 15 is 0 Å². The number of rotatable bonds is 7. The second-order valence-electron chi connectivity index (χ2n) is 5.53. The average molecular weight is 397 g/mol. The quantitative estimate of drug-likeness (QED) is 0.731. The van der Waals surface area contributed by atoms with Gasteiger partial charge in [-0.25, -0.2) is 17.5 Å². The first-order valence-electron chi connectivity index (χ1n) is 7.65. The minimum Gasteiger partial charge on any atom is -0.337 e. The molecule has 0 saturated carbocycles. The van der Waals surface area contributed by atoms with Crippen molar-refractivity contribution in [2.75, 3.05) is 13.6 Å². The van der Waals surface area contributed by atoms with Crippen LogP contribution in [-0.2, 0) is 16.6 Å². The molecule has 0 aliphatic rings. The lowest BCUT2D eigenvalue weighted by Crippen LogP contribution is -2.28. The van der Waals surface area contributed by atoms with Gasteiger partial charge in [0.25, 0.3) is 5.91 Å². The van der Waals surface area contributed by atoms with Crippen LogP contribution in [0.2, 0.25) is 5.02 Å². The average Bonchev–Trinajstić information content (AvgIpc) is 2.62. The molecule has 8 heteroatoms. The molecule has 0 spiro atoms. The van der Waals surface area contributed by atoms with Crippen molar-refractivity contribution < 1.29 is 17.6 Å². The summed E-state index contributed by atoms with van der Waals surface area (Å²) >= 11 is 5.98. The molecule has 2 aromatic rings. The summed E-state index contributed by atoms with van der Waals surface area (Å²) in [7, 11) is -2.26. The van der Waals surface area contributed by atoms with Gasteiger partial charge in [-0.3, -0.25) is 4.79 Å². The zero-order chi connectivity index (χ0) is 19.3. The van der Waals surface area contributed by atoms with Crippen molar-refractivity contribution in [2.24, 2.45) is 0 Å². The predicted molar refractivity (Wildman–Crippen MR) is 99.0 cm³/mol. The molecule has 0 bridgehead atoms. The summed E-state index contributed by atoms with van der Waals surface area (Å²) in [5, 5.41) is 0.217. The standard InChI is InChI=1S/C18H18ClFN2O3S/c1-3-10-21-26(24,25)14-7-4-6-13(11-14)18(23)22(2)12-15-16(19)8-5-9-17(15)20/h3-9,11,21H,1,10,12H2,2H3. The van der Waals surface area contributed by atoms with Crippen LogP contribution in [0.4, 0.5) is 4.39 Å². The van der Waals surface area contributed by atoms with Gasteiger partial charge in [-0.15, -0.1) is 6.58 Å². The number of benzene rings is 2. The Hall–Kier alpha value is -2.22. The predicted octanol–water partition coefficient (Wildman–Crippen LogP) is 3.22. The van der Waals surface area contributed by atoms with Gasteiger partial charge in [0.1, 0.15) is 5.82 Å². The second-order valence-corrected chi connectivity index (χ2v) is 7.70. The van der Waals surface area contributed by atoms with Crippen LogP contribution in [0.5, 0.6) is 0 Å². The Kier molecular flexibility index (Phi) is 6.52. The molecule has 2 aromatic carbocycles. The van der Waals surface area contributed by atoms with E-state index in [1.807, 2.05) is 0 Å². The van der Waals surface area contributed by atoms with Crippen LogP contribution in [-0.4, -0.2) is 32.8 Å². The molecule has 0 aliphatic heterocycles. The summed E-state index contributed by atoms with van der Waals surface area (Å²) in [6.07, 6.45) is 1.42. The topological polar surface area (TPSA) is 66.5 Å². The van der Waals surface area contributed by atoms with Gasteiger partial charge in [-0.1, -0.05) is 29.8 Å². The Morgan fingerprint density at radius 2 is 2.00 bits per heavy atom. The number of hydrogen-bond acceptors (Lipinski definition) is 3. The largest absolute Gasteiger partial charge is 0.337 e. The number of amides is 1. The van der Waals surface area contributed by atoms with Crippen LogP contribution in [0.15, 0.2) is 60.0 Å². The van der Waals surface area contributed by atoms with Gasteiger partial charge in [0.2, 0.25) is 10.0 Å². The van der Waals surface area contributed by atoms with Gasteiger partial charge >= 0.3 is 0 Å². The number of nitrogens with one attached hydrogen (secondary N) is 1. The molecule has 0 saturated heterocycles. The van der Waals surface area contributed by atoms with E-state index in [4.69, 9.17) is 11.6 Å². The van der Waals surface area contributed by atoms with E-state index in [1.54, 1.807) is 0 Å². The molecule has 0 heterocycles. The van der Waals surface area contributed by atoms with Gasteiger partial charge in [-0.2, -0.15) is 0 Å². The minimum absolute atomic E-state index is 0.0393. The molecule has 138 valence electrons. The fourth-order valence-electron chi connectivity index (χ4n) is 2.26. The third-order valence-corrected chi connectivity index (χ3v) is 5.39. The van der Waals surface area contributed by atoms with Gasteiger partial charge < -0.3 is 4.90 Å². The number of hydrogen-bond donors (Lipinski definition) is 1. The number of sulfonamides is 1. The molecule has 0 aromatic heterocycles. The molecule has 26 heavy (non-hydrogen) atoms. The first kappa shape index (κ1) is 20.1. The monoisotopic (exact) mass is 396 g/mol. The van der Waals surface area contributed by atoms with Crippen molar-refractivity contribution in [3.8, 4) is 0 Å². The van der Waals surface area contributed by atoms with Crippen LogP contribution in [0.1, 0.15) is 15.9 Å². The first-order valence-corrected chi connectivity index (χ1v) is 9.51. The van der Waals surface area contributed by atoms with E-state index in [9.17, 15) is 17.6 Å². The van der Waals surface area contributed by atoms with Crippen molar-refractivity contribution in [1.82, 2.24) is 9.62 Å². The highest BCUT2D eigenvalue weighted by atomic mass is 35.5. The number of carbonyl (C=O) groups excluding carboxylic acids is 1. The fraction of sp³-hybridized carbons (Fsp3) is 0.167. The van der Waals surface area contributed by atoms with Crippen LogP contribution in [0.25, 0.3) is 0 Å². The molecule has 5 nitrogen and oxygen atoms in total. The summed E-state index contributed by atoms with van der Waals surface area (Å²) in [5.41, 5.74) is 0.364. The van der Waals surface area contributed by atoms with E-state index in [1.165, 1.54) is 60.5 Å². The first-order chi connectivity index (χ1) is 12.3. The van der Waals surface area contributed by atoms with Gasteiger partial charge in [0.05, 0.1) is 4.90 Å². The number of carbonyl (C=O) groups is 1. The normalized spacial score (nSPS) is 11.2. The van der Waals surface area contributed by atoms with Gasteiger partial charge in [0, 0.05) is 36.3 Å². The molecule has 0 fully saturated rings. The van der Waals surface area contributed by atoms with Crippen molar-refractivity contribution in [3.63, 3.8) is 0 Å². The van der Waals surface area contributed by atoms with Crippen LogP contribution in [0.3, 0.4) is 0 Å². The zero-order valence-electron chi connectivity index (χ0n) is 14.1. The maximum atomic E-state index is 13.9. The van der Waals surface area contributed by atoms with Crippen LogP contribution >= 0.6 is 11.6 Å². The highest BCUT2D eigenvalue weighted by Gasteiger charge is 2.19. The van der Waals surface area contributed by atoms with Crippen molar-refractivity contribution in [1.29, 1.82) is 0 Å². The van der Waals surface area contributed by atoms with Crippen LogP contribution < -0.4 is 4.72 Å². The molecular formula is C18H18ClFN2O3S. The summed E-state index contributed by atoms with van der Waals surface area (Å²) in [6, 6.07) is 9.90. The molecular weight excluding hydrogens is 379 g/mol. The molecule has 1 N–H and O–H groups in total. The smallest absolute Gasteiger partial charge is 0.253 e. The Balaban J connectivity index is 2.24. The summed E-state index contributed by atoms with van der Waals surface area (Å²) in [6.45, 7) is 3.48. The van der Waals surface area contributed by atoms with Crippen molar-refractivity contribution in [2.45, 2.75) is 11.4 Å². The fourth-order valence-corrected chi connectivity index (χ4v) is 3.53. The Labute approximate surface area is 157 Å². The Morgan fingerprint density at radius 1 is 1.31 bits per heavy atom. The maximum absolute atomic E-state index is 13.9. The summed E-state index contributed by atoms with van der Waals surface area (Å²) < 4.78 is 40.6. The van der Waals surface area contributed by atoms with E-state index in [2.05, 4.69) is 11.3 Å². The molecule has 1 amide bonds. The molecule has 0 unspecified atom stereocenters. The number of nitrogens with zero attached hydrogens (tertiary/aromatic N) is 1. The molecule has 0 aliphatic carbocycles. The summed E-state index contributed by atoms with van der Waals surface area (Å²) in [5.74, 6) is -0.966. The maximum Gasteiger partial charge on any atom is 0.253 e. The highest BCUT2D eigenvalue weighted by molar-refractivity contribution is 7.89. The van der Waals surface area contributed by atoms with Crippen molar-refractivity contribution in [3.05, 3.63) is 77.1 Å². The molecule has 0 radical (unpaired) electrons. The zero-order valence-corrected chi connectivity index (χ0v) is 15.6. The SMILES string of the molecule is C=CCNS(=O)(=O)c1cccc(C(=O)N(C)Cc2c(F)cccc2Cl)c1. The minimum atomic E-state index is -3.75. The van der Waals surface area contributed by atoms with Gasteiger partial charge in [0.15, 0.2) is 0 Å². The Morgan fingerprint density at radius 3 is 2.65 bits per heavy atom. The van der Waals surface area contributed by atoms with E-state index in [0.29, 0.717) is 0 Å². The third kappa shape index (κ3) is 4.69. The van der Waals surface area contributed by atoms with Crippen molar-refractivity contribution >= 4 is 27.5 Å². The van der Waals surface area contributed by atoms with Crippen LogP contribution in [0, 0.1) is 5.82 Å². The Bertz CT molecular complexity index is 912. The van der Waals surface area contributed by atoms with E-state index < -0.39 is 21.7 Å². The third-order valence-electron chi connectivity index (χ3n) is 3.61. The van der Waals surface area contributed by atoms with E-state index in [0.717, 1.165) is 0 Å². The lowest BCUT2D eigenvalue weighted by Gasteiger charge is -2.19. The molecule has 2 rings (SSSR count). The lowest BCUT2D eigenvalue weighted by atomic mass is 10.1. The summed E-state index contributed by atoms with van der Waals surface area (Å²) in [4.78, 5) is 13.8.